The standard InChI is InChI=1S/C69H131N2O7P/c1-7-10-13-16-19-22-25-27-29-31-33-34-35-36-38-40-42-44-47-50-53-56-59-62-69(73)78-67(60-57-54-51-48-45-24-21-18-15-12-9-3)66(65-77-79(74,75)76-64-63-71(4,5)6)70-68(72)61-58-55-52-49-46-43-41-39-37-32-30-28-26-23-20-17-14-11-8-2/h19,22,27,29,33-34,57,60,66-67H,7-18,20-21,23-26,28,30-32,35-56,58-59,61-65H2,1-6H3,(H-,70,72,74,75)/b22-19-,29-27-,34-33-,60-57+. The second-order valence-corrected chi connectivity index (χ2v) is 25.7. The number of unbranched alkanes of at least 4 members (excludes halogenated alkanes) is 40. The highest BCUT2D eigenvalue weighted by Crippen LogP contribution is 2.38. The number of nitrogens with one attached hydrogen (secondary N) is 1. The fourth-order valence-electron chi connectivity index (χ4n) is 10.0. The Morgan fingerprint density at radius 1 is 0.443 bits per heavy atom. The number of phosphoric acid groups is 1. The number of hydrogen-bond acceptors (Lipinski definition) is 7. The molecule has 0 spiro atoms. The molecular weight excluding hydrogens is 1000 g/mol. The van der Waals surface area contributed by atoms with Crippen molar-refractivity contribution in [3.8, 4) is 0 Å². The molecule has 464 valence electrons. The zero-order chi connectivity index (χ0) is 57.9. The minimum atomic E-state index is -4.70. The van der Waals surface area contributed by atoms with Gasteiger partial charge in [-0.3, -0.25) is 14.2 Å². The van der Waals surface area contributed by atoms with Gasteiger partial charge in [-0.25, -0.2) is 0 Å². The molecule has 0 heterocycles. The highest BCUT2D eigenvalue weighted by atomic mass is 31.2. The molecule has 0 saturated carbocycles. The van der Waals surface area contributed by atoms with Crippen molar-refractivity contribution < 1.29 is 37.3 Å². The first-order chi connectivity index (χ1) is 38.4. The van der Waals surface area contributed by atoms with Gasteiger partial charge in [-0.2, -0.15) is 0 Å². The first-order valence-electron chi connectivity index (χ1n) is 33.9. The highest BCUT2D eigenvalue weighted by Gasteiger charge is 2.27. The largest absolute Gasteiger partial charge is 0.756 e. The Morgan fingerprint density at radius 2 is 0.772 bits per heavy atom. The Balaban J connectivity index is 5.08. The average molecular weight is 1130 g/mol. The quantitative estimate of drug-likeness (QED) is 0.0212. The zero-order valence-electron chi connectivity index (χ0n) is 53.1. The number of carbonyl (C=O) groups excluding carboxylic acids is 2. The molecule has 0 aromatic carbocycles. The van der Waals surface area contributed by atoms with Crippen molar-refractivity contribution >= 4 is 19.7 Å². The zero-order valence-corrected chi connectivity index (χ0v) is 54.0. The smallest absolute Gasteiger partial charge is 0.306 e. The maximum Gasteiger partial charge on any atom is 0.306 e. The van der Waals surface area contributed by atoms with Gasteiger partial charge in [-0.15, -0.1) is 0 Å². The molecule has 3 atom stereocenters. The summed E-state index contributed by atoms with van der Waals surface area (Å²) in [5.41, 5.74) is 0. The fourth-order valence-corrected chi connectivity index (χ4v) is 10.7. The first-order valence-corrected chi connectivity index (χ1v) is 35.4. The number of carbonyl (C=O) groups is 2. The number of allylic oxidation sites excluding steroid dienone is 7. The van der Waals surface area contributed by atoms with Crippen LogP contribution in [0.2, 0.25) is 0 Å². The lowest BCUT2D eigenvalue weighted by atomic mass is 10.0. The Bertz CT molecular complexity index is 1490. The van der Waals surface area contributed by atoms with E-state index in [9.17, 15) is 19.0 Å². The maximum absolute atomic E-state index is 13.6. The van der Waals surface area contributed by atoms with Crippen LogP contribution < -0.4 is 10.2 Å². The van der Waals surface area contributed by atoms with Gasteiger partial charge in [0.25, 0.3) is 7.82 Å². The van der Waals surface area contributed by atoms with Gasteiger partial charge in [-0.1, -0.05) is 294 Å². The van der Waals surface area contributed by atoms with Gasteiger partial charge in [0.2, 0.25) is 5.91 Å². The van der Waals surface area contributed by atoms with Gasteiger partial charge in [0, 0.05) is 12.8 Å². The normalized spacial score (nSPS) is 13.9. The van der Waals surface area contributed by atoms with E-state index in [1.54, 1.807) is 0 Å². The van der Waals surface area contributed by atoms with E-state index in [4.69, 9.17) is 13.8 Å². The van der Waals surface area contributed by atoms with Gasteiger partial charge >= 0.3 is 5.97 Å². The Kier molecular flexibility index (Phi) is 57.6. The Morgan fingerprint density at radius 3 is 1.18 bits per heavy atom. The summed E-state index contributed by atoms with van der Waals surface area (Å²) in [6.07, 6.45) is 73.7. The molecular formula is C69H131N2O7P. The summed E-state index contributed by atoms with van der Waals surface area (Å²) < 4.78 is 30.4. The molecule has 0 aromatic rings. The number of likely N-dealkylation sites (N-methyl/N-ethyl adjacent to an activating group) is 1. The number of rotatable bonds is 62. The van der Waals surface area contributed by atoms with Crippen LogP contribution in [0, 0.1) is 0 Å². The SMILES string of the molecule is CCCCC/C=C\C/C=C\C/C=C\CCCCCCCCCCCCC(=O)OC(/C=C/CCCCCCCCCCC)C(COP(=O)([O-])OCC[N+](C)(C)C)NC(=O)CCCCCCCCCCCCCCCCCCCCC. The van der Waals surface area contributed by atoms with E-state index in [1.807, 2.05) is 33.3 Å². The molecule has 0 aromatic heterocycles. The minimum absolute atomic E-state index is 0.0213. The van der Waals surface area contributed by atoms with Crippen LogP contribution in [0.5, 0.6) is 0 Å². The number of hydrogen-bond donors (Lipinski definition) is 1. The molecule has 9 nitrogen and oxygen atoms in total. The third kappa shape index (κ3) is 60.4. The number of nitrogens with zero attached hydrogens (tertiary/aromatic N) is 1. The van der Waals surface area contributed by atoms with Crippen molar-refractivity contribution in [3.05, 3.63) is 48.6 Å². The van der Waals surface area contributed by atoms with Crippen LogP contribution in [0.25, 0.3) is 0 Å². The lowest BCUT2D eigenvalue weighted by Gasteiger charge is -2.30. The third-order valence-corrected chi connectivity index (χ3v) is 16.2. The number of esters is 1. The second-order valence-electron chi connectivity index (χ2n) is 24.3. The van der Waals surface area contributed by atoms with Crippen molar-refractivity contribution in [1.82, 2.24) is 5.32 Å². The van der Waals surface area contributed by atoms with Crippen molar-refractivity contribution in [2.45, 2.75) is 341 Å². The monoisotopic (exact) mass is 1130 g/mol. The molecule has 1 N–H and O–H groups in total. The van der Waals surface area contributed by atoms with E-state index in [0.717, 1.165) is 70.6 Å². The van der Waals surface area contributed by atoms with Crippen LogP contribution in [0.4, 0.5) is 0 Å². The second kappa shape index (κ2) is 59.1. The molecule has 79 heavy (non-hydrogen) atoms. The van der Waals surface area contributed by atoms with E-state index in [-0.39, 0.29) is 31.5 Å². The van der Waals surface area contributed by atoms with Gasteiger partial charge in [0.1, 0.15) is 19.3 Å². The van der Waals surface area contributed by atoms with Crippen LogP contribution in [-0.2, 0) is 27.9 Å². The van der Waals surface area contributed by atoms with Crippen LogP contribution in [-0.4, -0.2) is 69.4 Å². The molecule has 0 aliphatic heterocycles. The Hall–Kier alpha value is -2.03. The fraction of sp³-hybridized carbons (Fsp3) is 0.855. The van der Waals surface area contributed by atoms with Crippen molar-refractivity contribution in [1.29, 1.82) is 0 Å². The topological polar surface area (TPSA) is 114 Å². The predicted molar refractivity (Wildman–Crippen MR) is 339 cm³/mol. The number of ether oxygens (including phenoxy) is 1. The number of amides is 1. The van der Waals surface area contributed by atoms with E-state index in [1.165, 1.54) is 225 Å². The summed E-state index contributed by atoms with van der Waals surface area (Å²) in [5.74, 6) is -0.531. The predicted octanol–water partition coefficient (Wildman–Crippen LogP) is 20.6. The number of phosphoric ester groups is 1. The van der Waals surface area contributed by atoms with E-state index in [0.29, 0.717) is 17.4 Å². The minimum Gasteiger partial charge on any atom is -0.756 e. The first kappa shape index (κ1) is 77.0. The number of quaternary nitrogens is 1. The molecule has 0 aliphatic carbocycles. The van der Waals surface area contributed by atoms with Gasteiger partial charge < -0.3 is 28.5 Å². The van der Waals surface area contributed by atoms with Crippen molar-refractivity contribution in [2.75, 3.05) is 40.9 Å². The van der Waals surface area contributed by atoms with Crippen LogP contribution in [0.1, 0.15) is 329 Å². The summed E-state index contributed by atoms with van der Waals surface area (Å²) in [6.45, 7) is 6.85. The van der Waals surface area contributed by atoms with Crippen LogP contribution >= 0.6 is 7.82 Å². The highest BCUT2D eigenvalue weighted by molar-refractivity contribution is 7.45. The summed E-state index contributed by atoms with van der Waals surface area (Å²) in [6, 6.07) is -0.887. The summed E-state index contributed by atoms with van der Waals surface area (Å²) in [7, 11) is 1.19. The molecule has 0 fully saturated rings. The van der Waals surface area contributed by atoms with Gasteiger partial charge in [0.15, 0.2) is 0 Å². The molecule has 0 radical (unpaired) electrons. The molecule has 3 unspecified atom stereocenters. The van der Waals surface area contributed by atoms with Crippen molar-refractivity contribution in [2.24, 2.45) is 0 Å². The van der Waals surface area contributed by atoms with Crippen LogP contribution in [0.3, 0.4) is 0 Å². The molecule has 0 saturated heterocycles. The molecule has 10 heteroatoms. The summed E-state index contributed by atoms with van der Waals surface area (Å²) >= 11 is 0. The van der Waals surface area contributed by atoms with Gasteiger partial charge in [0.05, 0.1) is 33.8 Å². The van der Waals surface area contributed by atoms with Crippen molar-refractivity contribution in [3.63, 3.8) is 0 Å². The third-order valence-electron chi connectivity index (χ3n) is 15.3. The van der Waals surface area contributed by atoms with Gasteiger partial charge in [-0.05, 0) is 70.3 Å². The molecule has 1 amide bonds. The maximum atomic E-state index is 13.6. The molecule has 0 rings (SSSR count). The Labute approximate surface area is 490 Å². The van der Waals surface area contributed by atoms with E-state index in [2.05, 4.69) is 62.5 Å². The summed E-state index contributed by atoms with van der Waals surface area (Å²) in [5, 5.41) is 3.04. The molecule has 0 aliphatic rings. The summed E-state index contributed by atoms with van der Waals surface area (Å²) in [4.78, 5) is 40.1. The lowest BCUT2D eigenvalue weighted by molar-refractivity contribution is -0.870. The average Bonchev–Trinajstić information content (AvgIpc) is 3.41. The van der Waals surface area contributed by atoms with E-state index < -0.39 is 20.0 Å². The lowest BCUT2D eigenvalue weighted by Crippen LogP contribution is -2.47. The molecule has 0 bridgehead atoms. The van der Waals surface area contributed by atoms with Crippen LogP contribution in [0.15, 0.2) is 48.6 Å². The van der Waals surface area contributed by atoms with E-state index >= 15 is 0 Å².